The van der Waals surface area contributed by atoms with Gasteiger partial charge in [0.05, 0.1) is 0 Å². The molecule has 64 valence electrons. The van der Waals surface area contributed by atoms with E-state index in [1.54, 1.807) is 0 Å². The average Bonchev–Trinajstić information content (AvgIpc) is 2.08. The van der Waals surface area contributed by atoms with Crippen LogP contribution in [0.5, 0.6) is 0 Å². The van der Waals surface area contributed by atoms with Crippen molar-refractivity contribution in [2.24, 2.45) is 17.3 Å². The molecule has 1 aliphatic rings. The van der Waals surface area contributed by atoms with Crippen LogP contribution in [0.25, 0.3) is 0 Å². The predicted molar refractivity (Wildman–Crippen MR) is 50.5 cm³/mol. The molecular weight excluding hydrogens is 132 g/mol. The molecule has 0 spiro atoms. The molecule has 1 rings (SSSR count). The standard InChI is InChI=1S/C11H20/c1-8(2)10-6-9(3)11(4,5)7-10/h9-10H,1,6-7H2,2-5H3. The Balaban J connectivity index is 2.64. The summed E-state index contributed by atoms with van der Waals surface area (Å²) in [4.78, 5) is 0. The van der Waals surface area contributed by atoms with E-state index < -0.39 is 0 Å². The van der Waals surface area contributed by atoms with E-state index in [-0.39, 0.29) is 0 Å². The minimum atomic E-state index is 0.545. The Kier molecular flexibility index (Phi) is 2.13. The van der Waals surface area contributed by atoms with Crippen LogP contribution in [0, 0.1) is 17.3 Å². The number of hydrogen-bond acceptors (Lipinski definition) is 0. The van der Waals surface area contributed by atoms with Crippen molar-refractivity contribution in [3.63, 3.8) is 0 Å². The molecule has 2 atom stereocenters. The second-order valence-corrected chi connectivity index (χ2v) is 4.87. The molecule has 0 aromatic heterocycles. The van der Waals surface area contributed by atoms with E-state index in [9.17, 15) is 0 Å². The Morgan fingerprint density at radius 2 is 2.00 bits per heavy atom. The fourth-order valence-electron chi connectivity index (χ4n) is 2.04. The molecule has 0 heteroatoms. The molecule has 1 aliphatic carbocycles. The van der Waals surface area contributed by atoms with E-state index in [0.29, 0.717) is 5.41 Å². The zero-order valence-electron chi connectivity index (χ0n) is 8.28. The maximum absolute atomic E-state index is 4.04. The quantitative estimate of drug-likeness (QED) is 0.503. The first-order valence-corrected chi connectivity index (χ1v) is 4.59. The second-order valence-electron chi connectivity index (χ2n) is 4.87. The molecule has 0 aromatic rings. The highest BCUT2D eigenvalue weighted by atomic mass is 14.4. The van der Waals surface area contributed by atoms with Crippen LogP contribution in [0.2, 0.25) is 0 Å². The third-order valence-corrected chi connectivity index (χ3v) is 3.44. The number of hydrogen-bond donors (Lipinski definition) is 0. The van der Waals surface area contributed by atoms with Crippen LogP contribution in [0.1, 0.15) is 40.5 Å². The lowest BCUT2D eigenvalue weighted by Crippen LogP contribution is -2.13. The van der Waals surface area contributed by atoms with Gasteiger partial charge in [-0.2, -0.15) is 0 Å². The Hall–Kier alpha value is -0.260. The minimum absolute atomic E-state index is 0.545. The second kappa shape index (κ2) is 2.66. The Morgan fingerprint density at radius 1 is 1.45 bits per heavy atom. The predicted octanol–water partition coefficient (Wildman–Crippen LogP) is 3.63. The van der Waals surface area contributed by atoms with Gasteiger partial charge in [-0.1, -0.05) is 32.9 Å². The van der Waals surface area contributed by atoms with Gasteiger partial charge in [-0.05, 0) is 37.0 Å². The van der Waals surface area contributed by atoms with Gasteiger partial charge in [-0.25, -0.2) is 0 Å². The maximum atomic E-state index is 4.04. The van der Waals surface area contributed by atoms with E-state index in [1.165, 1.54) is 18.4 Å². The van der Waals surface area contributed by atoms with Gasteiger partial charge in [0.1, 0.15) is 0 Å². The monoisotopic (exact) mass is 152 g/mol. The Labute approximate surface area is 70.7 Å². The highest BCUT2D eigenvalue weighted by Gasteiger charge is 2.37. The van der Waals surface area contributed by atoms with Crippen molar-refractivity contribution >= 4 is 0 Å². The lowest BCUT2D eigenvalue weighted by molar-refractivity contribution is 0.279. The molecule has 11 heavy (non-hydrogen) atoms. The van der Waals surface area contributed by atoms with Crippen LogP contribution in [0.3, 0.4) is 0 Å². The Bertz CT molecular complexity index is 165. The molecule has 0 bridgehead atoms. The lowest BCUT2D eigenvalue weighted by Gasteiger charge is -2.22. The first-order valence-electron chi connectivity index (χ1n) is 4.59. The summed E-state index contributed by atoms with van der Waals surface area (Å²) >= 11 is 0. The van der Waals surface area contributed by atoms with E-state index in [0.717, 1.165) is 11.8 Å². The molecule has 0 saturated heterocycles. The van der Waals surface area contributed by atoms with E-state index >= 15 is 0 Å². The van der Waals surface area contributed by atoms with Crippen molar-refractivity contribution in [3.05, 3.63) is 12.2 Å². The minimum Gasteiger partial charge on any atom is -0.0999 e. The van der Waals surface area contributed by atoms with Crippen LogP contribution in [0.4, 0.5) is 0 Å². The van der Waals surface area contributed by atoms with Gasteiger partial charge in [-0.15, -0.1) is 0 Å². The van der Waals surface area contributed by atoms with Gasteiger partial charge in [0.2, 0.25) is 0 Å². The van der Waals surface area contributed by atoms with Gasteiger partial charge < -0.3 is 0 Å². The summed E-state index contributed by atoms with van der Waals surface area (Å²) in [6, 6.07) is 0. The van der Waals surface area contributed by atoms with Gasteiger partial charge >= 0.3 is 0 Å². The summed E-state index contributed by atoms with van der Waals surface area (Å²) in [6.07, 6.45) is 2.69. The maximum Gasteiger partial charge on any atom is -0.0201 e. The molecule has 2 unspecified atom stereocenters. The van der Waals surface area contributed by atoms with Crippen molar-refractivity contribution in [1.82, 2.24) is 0 Å². The summed E-state index contributed by atoms with van der Waals surface area (Å²) in [5, 5.41) is 0. The first-order chi connectivity index (χ1) is 4.93. The molecule has 1 fully saturated rings. The smallest absolute Gasteiger partial charge is 0.0201 e. The van der Waals surface area contributed by atoms with Gasteiger partial charge in [-0.3, -0.25) is 0 Å². The van der Waals surface area contributed by atoms with Crippen molar-refractivity contribution in [1.29, 1.82) is 0 Å². The van der Waals surface area contributed by atoms with Crippen molar-refractivity contribution in [2.45, 2.75) is 40.5 Å². The van der Waals surface area contributed by atoms with E-state index in [4.69, 9.17) is 0 Å². The lowest BCUT2D eigenvalue weighted by atomic mass is 9.83. The van der Waals surface area contributed by atoms with Gasteiger partial charge in [0.25, 0.3) is 0 Å². The van der Waals surface area contributed by atoms with Crippen LogP contribution >= 0.6 is 0 Å². The molecule has 0 radical (unpaired) electrons. The summed E-state index contributed by atoms with van der Waals surface area (Å²) in [5.41, 5.74) is 1.92. The largest absolute Gasteiger partial charge is 0.0999 e. The highest BCUT2D eigenvalue weighted by molar-refractivity contribution is 5.03. The normalized spacial score (nSPS) is 35.6. The molecule has 1 saturated carbocycles. The third kappa shape index (κ3) is 1.66. The van der Waals surface area contributed by atoms with Crippen molar-refractivity contribution < 1.29 is 0 Å². The van der Waals surface area contributed by atoms with E-state index in [2.05, 4.69) is 34.3 Å². The van der Waals surface area contributed by atoms with Crippen molar-refractivity contribution in [3.8, 4) is 0 Å². The Morgan fingerprint density at radius 3 is 2.18 bits per heavy atom. The zero-order valence-corrected chi connectivity index (χ0v) is 8.28. The van der Waals surface area contributed by atoms with Crippen LogP contribution < -0.4 is 0 Å². The molecule has 0 aliphatic heterocycles. The third-order valence-electron chi connectivity index (χ3n) is 3.44. The molecule has 0 amide bonds. The average molecular weight is 152 g/mol. The van der Waals surface area contributed by atoms with Gasteiger partial charge in [0.15, 0.2) is 0 Å². The fourth-order valence-corrected chi connectivity index (χ4v) is 2.04. The molecule has 0 nitrogen and oxygen atoms in total. The summed E-state index contributed by atoms with van der Waals surface area (Å²) < 4.78 is 0. The van der Waals surface area contributed by atoms with Gasteiger partial charge in [0, 0.05) is 0 Å². The summed E-state index contributed by atoms with van der Waals surface area (Å²) in [7, 11) is 0. The van der Waals surface area contributed by atoms with Crippen LogP contribution in [-0.2, 0) is 0 Å². The topological polar surface area (TPSA) is 0 Å². The molecule has 0 heterocycles. The van der Waals surface area contributed by atoms with E-state index in [1.807, 2.05) is 0 Å². The molecular formula is C11H20. The molecule has 0 N–H and O–H groups in total. The number of rotatable bonds is 1. The highest BCUT2D eigenvalue weighted by Crippen LogP contribution is 2.47. The fraction of sp³-hybridized carbons (Fsp3) is 0.818. The number of allylic oxidation sites excluding steroid dienone is 1. The van der Waals surface area contributed by atoms with Crippen LogP contribution in [0.15, 0.2) is 12.2 Å². The van der Waals surface area contributed by atoms with Crippen molar-refractivity contribution in [2.75, 3.05) is 0 Å². The SMILES string of the molecule is C=C(C)C1CC(C)C(C)(C)C1. The summed E-state index contributed by atoms with van der Waals surface area (Å²) in [5.74, 6) is 1.66. The summed E-state index contributed by atoms with van der Waals surface area (Å²) in [6.45, 7) is 13.3. The first kappa shape index (κ1) is 8.83. The molecule has 0 aromatic carbocycles. The van der Waals surface area contributed by atoms with Crippen LogP contribution in [-0.4, -0.2) is 0 Å². The zero-order chi connectivity index (χ0) is 8.65.